The van der Waals surface area contributed by atoms with Crippen LogP contribution in [0.25, 0.3) is 0 Å². The van der Waals surface area contributed by atoms with Gasteiger partial charge in [-0.25, -0.2) is 4.39 Å². The molecule has 2 aromatic carbocycles. The molecule has 1 aliphatic heterocycles. The number of hydrogen-bond acceptors (Lipinski definition) is 2. The summed E-state index contributed by atoms with van der Waals surface area (Å²) >= 11 is 0. The first kappa shape index (κ1) is 24.9. The quantitative estimate of drug-likeness (QED) is 0.508. The summed E-state index contributed by atoms with van der Waals surface area (Å²) in [5, 5.41) is 2.48. The Morgan fingerprint density at radius 3 is 2.49 bits per heavy atom. The molecule has 1 N–H and O–H groups in total. The number of benzene rings is 2. The van der Waals surface area contributed by atoms with Gasteiger partial charge in [-0.15, -0.1) is 0 Å². The fourth-order valence-corrected chi connectivity index (χ4v) is 5.03. The van der Waals surface area contributed by atoms with E-state index in [1.807, 2.05) is 49.1 Å². The van der Waals surface area contributed by atoms with Gasteiger partial charge in [-0.2, -0.15) is 13.2 Å². The summed E-state index contributed by atoms with van der Waals surface area (Å²) in [4.78, 5) is 27.2. The van der Waals surface area contributed by atoms with Gasteiger partial charge in [-0.3, -0.25) is 9.59 Å². The number of carbonyl (C=O) groups is 2. The van der Waals surface area contributed by atoms with E-state index in [0.717, 1.165) is 43.0 Å². The Morgan fingerprint density at radius 2 is 1.80 bits per heavy atom. The lowest BCUT2D eigenvalue weighted by atomic mass is 9.81. The Hall–Kier alpha value is -3.16. The van der Waals surface area contributed by atoms with Gasteiger partial charge in [0.1, 0.15) is 5.82 Å². The van der Waals surface area contributed by atoms with Crippen LogP contribution in [0.5, 0.6) is 0 Å². The van der Waals surface area contributed by atoms with Crippen LogP contribution < -0.4 is 10.2 Å². The number of para-hydroxylation sites is 1. The number of carbonyl (C=O) groups excluding carboxylic acids is 2. The summed E-state index contributed by atoms with van der Waals surface area (Å²) in [6, 6.07) is 10.1. The van der Waals surface area contributed by atoms with Gasteiger partial charge in [0.2, 0.25) is 5.91 Å². The van der Waals surface area contributed by atoms with E-state index in [4.69, 9.17) is 0 Å². The third-order valence-electron chi connectivity index (χ3n) is 7.10. The lowest BCUT2D eigenvalue weighted by Crippen LogP contribution is -2.39. The number of allylic oxidation sites excluding steroid dienone is 1. The lowest BCUT2D eigenvalue weighted by molar-refractivity contribution is -0.140. The molecule has 2 aromatic rings. The SMILES string of the molecule is CC1(C)C(=O)N(CC2CCC(C=CNC(=O)c3ccc(F)c(C(F)(F)F)c3)CC2)c2ccccc21. The van der Waals surface area contributed by atoms with Crippen LogP contribution in [0.2, 0.25) is 0 Å². The molecule has 1 aliphatic carbocycles. The molecule has 1 heterocycles. The molecule has 2 amide bonds. The first-order chi connectivity index (χ1) is 16.5. The van der Waals surface area contributed by atoms with Crippen molar-refractivity contribution in [3.8, 4) is 0 Å². The Balaban J connectivity index is 1.30. The monoisotopic (exact) mass is 488 g/mol. The predicted molar refractivity (Wildman–Crippen MR) is 125 cm³/mol. The fourth-order valence-electron chi connectivity index (χ4n) is 5.03. The van der Waals surface area contributed by atoms with E-state index in [-0.39, 0.29) is 17.4 Å². The van der Waals surface area contributed by atoms with Crippen molar-refractivity contribution in [2.24, 2.45) is 11.8 Å². The van der Waals surface area contributed by atoms with Crippen LogP contribution in [0.3, 0.4) is 0 Å². The molecule has 0 saturated heterocycles. The van der Waals surface area contributed by atoms with Crippen LogP contribution in [0.4, 0.5) is 23.2 Å². The number of rotatable bonds is 5. The van der Waals surface area contributed by atoms with Crippen LogP contribution in [-0.2, 0) is 16.4 Å². The van der Waals surface area contributed by atoms with Crippen molar-refractivity contribution in [3.05, 3.63) is 77.2 Å². The van der Waals surface area contributed by atoms with E-state index < -0.39 is 28.9 Å². The average molecular weight is 489 g/mol. The number of halogens is 4. The zero-order valence-corrected chi connectivity index (χ0v) is 19.7. The Kier molecular flexibility index (Phi) is 6.75. The molecule has 0 unspecified atom stereocenters. The third kappa shape index (κ3) is 5.11. The van der Waals surface area contributed by atoms with Gasteiger partial charge in [-0.1, -0.05) is 24.3 Å². The molecule has 8 heteroatoms. The number of hydrogen-bond donors (Lipinski definition) is 1. The molecule has 1 saturated carbocycles. The maximum absolute atomic E-state index is 13.4. The second kappa shape index (κ2) is 9.47. The lowest BCUT2D eigenvalue weighted by Gasteiger charge is -2.31. The van der Waals surface area contributed by atoms with Gasteiger partial charge in [0, 0.05) is 24.0 Å². The summed E-state index contributed by atoms with van der Waals surface area (Å²) in [5.41, 5.74) is -0.205. The second-order valence-corrected chi connectivity index (χ2v) is 9.86. The molecule has 0 bridgehead atoms. The molecule has 2 aliphatic rings. The second-order valence-electron chi connectivity index (χ2n) is 9.86. The molecule has 186 valence electrons. The number of fused-ring (bicyclic) bond motifs is 1. The smallest absolute Gasteiger partial charge is 0.329 e. The highest BCUT2D eigenvalue weighted by Crippen LogP contribution is 2.42. The van der Waals surface area contributed by atoms with E-state index in [0.29, 0.717) is 24.6 Å². The first-order valence-electron chi connectivity index (χ1n) is 11.7. The Labute approximate surface area is 202 Å². The highest BCUT2D eigenvalue weighted by Gasteiger charge is 2.44. The van der Waals surface area contributed by atoms with Gasteiger partial charge in [-0.05, 0) is 81.2 Å². The van der Waals surface area contributed by atoms with Crippen molar-refractivity contribution in [2.45, 2.75) is 51.1 Å². The van der Waals surface area contributed by atoms with Crippen LogP contribution in [0.15, 0.2) is 54.7 Å². The molecule has 4 nitrogen and oxygen atoms in total. The normalized spacial score (nSPS) is 21.9. The minimum atomic E-state index is -4.87. The number of amides is 2. The Bertz CT molecular complexity index is 1150. The minimum Gasteiger partial charge on any atom is -0.329 e. The van der Waals surface area contributed by atoms with Crippen LogP contribution in [0, 0.1) is 17.7 Å². The van der Waals surface area contributed by atoms with Gasteiger partial charge in [0.05, 0.1) is 11.0 Å². The fraction of sp³-hybridized carbons (Fsp3) is 0.407. The van der Waals surface area contributed by atoms with Crippen molar-refractivity contribution in [3.63, 3.8) is 0 Å². The number of anilines is 1. The Morgan fingerprint density at radius 1 is 1.11 bits per heavy atom. The largest absolute Gasteiger partial charge is 0.419 e. The summed E-state index contributed by atoms with van der Waals surface area (Å²) in [6.45, 7) is 4.60. The van der Waals surface area contributed by atoms with E-state index in [2.05, 4.69) is 5.32 Å². The van der Waals surface area contributed by atoms with Crippen molar-refractivity contribution in [2.75, 3.05) is 11.4 Å². The maximum atomic E-state index is 13.4. The molecule has 0 atom stereocenters. The highest BCUT2D eigenvalue weighted by molar-refractivity contribution is 6.07. The van der Waals surface area contributed by atoms with Gasteiger partial charge >= 0.3 is 6.18 Å². The molecule has 0 radical (unpaired) electrons. The van der Waals surface area contributed by atoms with Crippen LogP contribution in [-0.4, -0.2) is 18.4 Å². The molecule has 0 aromatic heterocycles. The first-order valence-corrected chi connectivity index (χ1v) is 11.7. The number of nitrogens with one attached hydrogen (secondary N) is 1. The van der Waals surface area contributed by atoms with Crippen molar-refractivity contribution < 1.29 is 27.2 Å². The standard InChI is InChI=1S/C27H28F4N2O2/c1-26(2)20-5-3-4-6-23(20)33(25(26)35)16-18-9-7-17(8-10-18)13-14-32-24(34)19-11-12-22(28)21(15-19)27(29,30)31/h3-6,11-15,17-18H,7-10,16H2,1-2H3,(H,32,34). The van der Waals surface area contributed by atoms with Crippen molar-refractivity contribution in [1.29, 1.82) is 0 Å². The summed E-state index contributed by atoms with van der Waals surface area (Å²) in [6.07, 6.45) is 2.07. The summed E-state index contributed by atoms with van der Waals surface area (Å²) in [7, 11) is 0. The van der Waals surface area contributed by atoms with Crippen LogP contribution in [0.1, 0.15) is 61.0 Å². The van der Waals surface area contributed by atoms with Crippen molar-refractivity contribution in [1.82, 2.24) is 5.32 Å². The molecule has 0 spiro atoms. The topological polar surface area (TPSA) is 49.4 Å². The van der Waals surface area contributed by atoms with E-state index >= 15 is 0 Å². The minimum absolute atomic E-state index is 0.123. The summed E-state index contributed by atoms with van der Waals surface area (Å²) in [5.74, 6) is -1.42. The van der Waals surface area contributed by atoms with Gasteiger partial charge in [0.25, 0.3) is 5.91 Å². The van der Waals surface area contributed by atoms with Crippen molar-refractivity contribution >= 4 is 17.5 Å². The average Bonchev–Trinajstić information content (AvgIpc) is 3.00. The number of alkyl halides is 3. The van der Waals surface area contributed by atoms with Gasteiger partial charge < -0.3 is 10.2 Å². The number of nitrogens with zero attached hydrogens (tertiary/aromatic N) is 1. The molecule has 35 heavy (non-hydrogen) atoms. The predicted octanol–water partition coefficient (Wildman–Crippen LogP) is 6.22. The van der Waals surface area contributed by atoms with E-state index in [1.165, 1.54) is 6.20 Å². The third-order valence-corrected chi connectivity index (χ3v) is 7.10. The zero-order chi connectivity index (χ0) is 25.4. The van der Waals surface area contributed by atoms with Crippen LogP contribution >= 0.6 is 0 Å². The molecule has 1 fully saturated rings. The summed E-state index contributed by atoms with van der Waals surface area (Å²) < 4.78 is 52.0. The molecule has 4 rings (SSSR count). The zero-order valence-electron chi connectivity index (χ0n) is 19.7. The maximum Gasteiger partial charge on any atom is 0.419 e. The molecular weight excluding hydrogens is 460 g/mol. The van der Waals surface area contributed by atoms with E-state index in [9.17, 15) is 27.2 Å². The highest BCUT2D eigenvalue weighted by atomic mass is 19.4. The van der Waals surface area contributed by atoms with E-state index in [1.54, 1.807) is 0 Å². The van der Waals surface area contributed by atoms with Gasteiger partial charge in [0.15, 0.2) is 0 Å². The molecular formula is C27H28F4N2O2.